The molecule has 0 aliphatic heterocycles. The van der Waals surface area contributed by atoms with E-state index in [0.29, 0.717) is 0 Å². The van der Waals surface area contributed by atoms with E-state index in [-0.39, 0.29) is 0 Å². The Labute approximate surface area is 96.5 Å². The first-order valence-electron chi connectivity index (χ1n) is 4.49. The predicted molar refractivity (Wildman–Crippen MR) is 52.7 cm³/mol. The Morgan fingerprint density at radius 2 is 1.65 bits per heavy atom. The van der Waals surface area contributed by atoms with Crippen molar-refractivity contribution in [1.82, 2.24) is 0 Å². The van der Waals surface area contributed by atoms with Crippen LogP contribution in [-0.4, -0.2) is 67.0 Å². The number of carbonyl (C=O) groups is 1. The molecule has 0 saturated heterocycles. The van der Waals surface area contributed by atoms with E-state index in [2.05, 4.69) is 4.52 Å². The summed E-state index contributed by atoms with van der Waals surface area (Å²) >= 11 is 0. The quantitative estimate of drug-likeness (QED) is 0.267. The van der Waals surface area contributed by atoms with Crippen LogP contribution in [-0.2, 0) is 13.9 Å². The average Bonchev–Trinajstić information content (AvgIpc) is 2.21. The first-order chi connectivity index (χ1) is 7.56. The number of rotatable bonds is 7. The average molecular weight is 274 g/mol. The largest absolute Gasteiger partial charge is 0.469 e. The molecular weight excluding hydrogens is 259 g/mol. The summed E-state index contributed by atoms with van der Waals surface area (Å²) in [5, 5.41) is 36.7. The minimum atomic E-state index is -4.81. The van der Waals surface area contributed by atoms with Crippen LogP contribution >= 0.6 is 7.82 Å². The van der Waals surface area contributed by atoms with Gasteiger partial charge in [0.1, 0.15) is 24.4 Å². The van der Waals surface area contributed by atoms with Gasteiger partial charge in [-0.2, -0.15) is 0 Å². The monoisotopic (exact) mass is 274 g/mol. The summed E-state index contributed by atoms with van der Waals surface area (Å²) in [5.74, 6) is -0.834. The summed E-state index contributed by atoms with van der Waals surface area (Å²) in [6, 6.07) is 0. The lowest BCUT2D eigenvalue weighted by Gasteiger charge is -2.25. The van der Waals surface area contributed by atoms with Crippen molar-refractivity contribution in [3.63, 3.8) is 0 Å². The minimum absolute atomic E-state index is 0.834. The number of Topliss-reactive ketones (excluding diaryl/α,β-unsaturated/α-hetero) is 1. The molecule has 0 bridgehead atoms. The first kappa shape index (κ1) is 16.6. The highest BCUT2D eigenvalue weighted by molar-refractivity contribution is 7.46. The highest BCUT2D eigenvalue weighted by Gasteiger charge is 2.33. The van der Waals surface area contributed by atoms with E-state index in [1.165, 1.54) is 0 Å². The van der Waals surface area contributed by atoms with Gasteiger partial charge in [-0.25, -0.2) is 4.57 Å². The molecule has 0 radical (unpaired) electrons. The maximum absolute atomic E-state index is 10.7. The van der Waals surface area contributed by atoms with Gasteiger partial charge in [0.05, 0.1) is 6.61 Å². The Kier molecular flexibility index (Phi) is 6.38. The van der Waals surface area contributed by atoms with Gasteiger partial charge in [-0.15, -0.1) is 0 Å². The first-order valence-corrected chi connectivity index (χ1v) is 6.02. The number of hydrogen-bond donors (Lipinski definition) is 6. The lowest BCUT2D eigenvalue weighted by molar-refractivity contribution is -0.144. The van der Waals surface area contributed by atoms with Crippen molar-refractivity contribution >= 4 is 13.6 Å². The van der Waals surface area contributed by atoms with Gasteiger partial charge in [-0.05, 0) is 6.92 Å². The smallest absolute Gasteiger partial charge is 0.388 e. The molecule has 102 valence electrons. The van der Waals surface area contributed by atoms with E-state index in [1.807, 2.05) is 0 Å². The van der Waals surface area contributed by atoms with Gasteiger partial charge >= 0.3 is 7.82 Å². The van der Waals surface area contributed by atoms with E-state index in [4.69, 9.17) is 14.9 Å². The van der Waals surface area contributed by atoms with Crippen LogP contribution in [0.5, 0.6) is 0 Å². The number of ketones is 1. The maximum atomic E-state index is 10.7. The molecule has 0 unspecified atom stereocenters. The van der Waals surface area contributed by atoms with Crippen molar-refractivity contribution in [3.05, 3.63) is 0 Å². The van der Waals surface area contributed by atoms with Gasteiger partial charge in [0.2, 0.25) is 0 Å². The molecule has 0 aliphatic rings. The molecule has 0 aliphatic carbocycles. The third-order valence-corrected chi connectivity index (χ3v) is 2.38. The lowest BCUT2D eigenvalue weighted by Crippen LogP contribution is -2.48. The Balaban J connectivity index is 4.34. The zero-order valence-corrected chi connectivity index (χ0v) is 9.77. The summed E-state index contributed by atoms with van der Waals surface area (Å²) in [4.78, 5) is 27.3. The number of aliphatic hydroxyl groups excluding tert-OH is 4. The van der Waals surface area contributed by atoms with Crippen molar-refractivity contribution in [2.75, 3.05) is 6.61 Å². The van der Waals surface area contributed by atoms with Crippen molar-refractivity contribution in [3.8, 4) is 0 Å². The van der Waals surface area contributed by atoms with Crippen molar-refractivity contribution in [2.45, 2.75) is 31.3 Å². The molecule has 0 aromatic rings. The Bertz CT molecular complexity index is 300. The Hall–Kier alpha value is -0.380. The lowest BCUT2D eigenvalue weighted by atomic mass is 10.0. The van der Waals surface area contributed by atoms with Gasteiger partial charge < -0.3 is 30.2 Å². The van der Waals surface area contributed by atoms with Gasteiger partial charge in [0, 0.05) is 0 Å². The Morgan fingerprint density at radius 3 is 2.00 bits per heavy atom. The van der Waals surface area contributed by atoms with E-state index in [0.717, 1.165) is 6.92 Å². The fourth-order valence-corrected chi connectivity index (χ4v) is 1.27. The molecule has 0 aromatic heterocycles. The normalized spacial score (nSPS) is 19.5. The summed E-state index contributed by atoms with van der Waals surface area (Å²) in [6.45, 7) is -0.00768. The molecule has 9 nitrogen and oxygen atoms in total. The molecule has 17 heavy (non-hydrogen) atoms. The highest BCUT2D eigenvalue weighted by atomic mass is 31.2. The van der Waals surface area contributed by atoms with Crippen molar-refractivity contribution in [1.29, 1.82) is 0 Å². The molecule has 0 amide bonds. The van der Waals surface area contributed by atoms with E-state index in [1.54, 1.807) is 0 Å². The van der Waals surface area contributed by atoms with Crippen LogP contribution in [0.1, 0.15) is 6.92 Å². The number of hydrogen-bond acceptors (Lipinski definition) is 7. The van der Waals surface area contributed by atoms with Gasteiger partial charge in [-0.3, -0.25) is 9.32 Å². The van der Waals surface area contributed by atoms with Gasteiger partial charge in [0.25, 0.3) is 0 Å². The number of phosphoric acid groups is 1. The van der Waals surface area contributed by atoms with Crippen molar-refractivity contribution < 1.29 is 44.1 Å². The van der Waals surface area contributed by atoms with Gasteiger partial charge in [-0.1, -0.05) is 0 Å². The summed E-state index contributed by atoms with van der Waals surface area (Å²) in [5.41, 5.74) is 0. The molecule has 10 heteroatoms. The number of phosphoric ester groups is 1. The summed E-state index contributed by atoms with van der Waals surface area (Å²) in [7, 11) is -4.81. The molecule has 6 N–H and O–H groups in total. The van der Waals surface area contributed by atoms with E-state index >= 15 is 0 Å². The molecule has 0 aromatic carbocycles. The van der Waals surface area contributed by atoms with Crippen molar-refractivity contribution in [2.24, 2.45) is 0 Å². The third-order valence-electron chi connectivity index (χ3n) is 1.90. The predicted octanol–water partition coefficient (Wildman–Crippen LogP) is -2.87. The second kappa shape index (κ2) is 6.53. The minimum Gasteiger partial charge on any atom is -0.388 e. The van der Waals surface area contributed by atoms with E-state index < -0.39 is 44.6 Å². The molecular formula is C7H15O9P. The van der Waals surface area contributed by atoms with Crippen LogP contribution in [0.2, 0.25) is 0 Å². The van der Waals surface area contributed by atoms with Crippen LogP contribution in [0.15, 0.2) is 0 Å². The third kappa shape index (κ3) is 6.20. The fraction of sp³-hybridized carbons (Fsp3) is 0.857. The zero-order valence-electron chi connectivity index (χ0n) is 8.87. The summed E-state index contributed by atoms with van der Waals surface area (Å²) in [6.07, 6.45) is -7.75. The molecule has 4 atom stereocenters. The van der Waals surface area contributed by atoms with Crippen LogP contribution in [0.3, 0.4) is 0 Å². The van der Waals surface area contributed by atoms with Crippen LogP contribution in [0.25, 0.3) is 0 Å². The molecule has 0 spiro atoms. The molecule has 0 fully saturated rings. The number of aliphatic hydroxyl groups is 4. The SMILES string of the molecule is CC(=O)[C@H](O)[C@H](O)[C@@H](O)[C@H](O)COP(=O)(O)O. The molecule has 0 rings (SSSR count). The second-order valence-electron chi connectivity index (χ2n) is 3.39. The zero-order chi connectivity index (χ0) is 13.8. The van der Waals surface area contributed by atoms with Crippen LogP contribution in [0.4, 0.5) is 0 Å². The summed E-state index contributed by atoms with van der Waals surface area (Å²) < 4.78 is 14.2. The van der Waals surface area contributed by atoms with Gasteiger partial charge in [0.15, 0.2) is 5.78 Å². The van der Waals surface area contributed by atoms with Crippen LogP contribution < -0.4 is 0 Å². The topological polar surface area (TPSA) is 165 Å². The fourth-order valence-electron chi connectivity index (χ4n) is 0.927. The molecule has 0 saturated carbocycles. The Morgan fingerprint density at radius 1 is 1.18 bits per heavy atom. The van der Waals surface area contributed by atoms with E-state index in [9.17, 15) is 24.7 Å². The molecule has 0 heterocycles. The van der Waals surface area contributed by atoms with Crippen LogP contribution in [0, 0.1) is 0 Å². The standard InChI is InChI=1S/C7H15O9P/c1-3(8)5(10)7(12)6(11)4(9)2-16-17(13,14)15/h4-7,9-12H,2H2,1H3,(H2,13,14,15)/t4-,5+,6+,7+/m1/s1. The maximum Gasteiger partial charge on any atom is 0.469 e. The second-order valence-corrected chi connectivity index (χ2v) is 4.63. The number of carbonyl (C=O) groups excluding carboxylic acids is 1. The highest BCUT2D eigenvalue weighted by Crippen LogP contribution is 2.35.